The largest absolute Gasteiger partial charge is 0.330 e. The van der Waals surface area contributed by atoms with E-state index < -0.39 is 5.41 Å². The number of likely N-dealkylation sites (tertiary alicyclic amines) is 1. The van der Waals surface area contributed by atoms with Crippen LogP contribution in [0.2, 0.25) is 10.0 Å². The van der Waals surface area contributed by atoms with Crippen molar-refractivity contribution < 1.29 is 4.79 Å². The molecule has 5 heteroatoms. The van der Waals surface area contributed by atoms with Crippen molar-refractivity contribution in [1.29, 1.82) is 0 Å². The van der Waals surface area contributed by atoms with Gasteiger partial charge in [-0.15, -0.1) is 6.58 Å². The van der Waals surface area contributed by atoms with Crippen molar-refractivity contribution in [3.8, 4) is 0 Å². The average molecular weight is 471 g/mol. The summed E-state index contributed by atoms with van der Waals surface area (Å²) in [4.78, 5) is 16.4. The highest BCUT2D eigenvalue weighted by molar-refractivity contribution is 6.30. The molecule has 0 bridgehead atoms. The second-order valence-corrected chi connectivity index (χ2v) is 10.5. The van der Waals surface area contributed by atoms with Crippen LogP contribution in [0.3, 0.4) is 0 Å². The molecule has 2 aliphatic rings. The van der Waals surface area contributed by atoms with Crippen LogP contribution in [-0.2, 0) is 4.79 Å². The zero-order valence-corrected chi connectivity index (χ0v) is 20.4. The quantitative estimate of drug-likeness (QED) is 0.438. The molecule has 1 aliphatic carbocycles. The van der Waals surface area contributed by atoms with Crippen LogP contribution in [0.1, 0.15) is 55.7 Å². The van der Waals surface area contributed by atoms with Crippen LogP contribution in [0.25, 0.3) is 0 Å². The molecule has 1 amide bonds. The Morgan fingerprint density at radius 2 is 1.88 bits per heavy atom. The number of amides is 1. The topological polar surface area (TPSA) is 32.3 Å². The van der Waals surface area contributed by atoms with Crippen molar-refractivity contribution >= 4 is 29.1 Å². The van der Waals surface area contributed by atoms with Gasteiger partial charge in [0.2, 0.25) is 5.91 Å². The third kappa shape index (κ3) is 4.62. The summed E-state index contributed by atoms with van der Waals surface area (Å²) in [6.45, 7) is 6.85. The zero-order chi connectivity index (χ0) is 22.9. The van der Waals surface area contributed by atoms with Crippen LogP contribution >= 0.6 is 23.2 Å². The van der Waals surface area contributed by atoms with E-state index in [-0.39, 0.29) is 23.9 Å². The average Bonchev–Trinajstić information content (AvgIpc) is 3.60. The number of hydrogen-bond acceptors (Lipinski definition) is 2. The van der Waals surface area contributed by atoms with Crippen molar-refractivity contribution in [1.82, 2.24) is 10.2 Å². The second kappa shape index (κ2) is 9.59. The van der Waals surface area contributed by atoms with Crippen LogP contribution in [0, 0.1) is 11.3 Å². The maximum Gasteiger partial charge on any atom is 0.229 e. The number of halogens is 2. The van der Waals surface area contributed by atoms with Gasteiger partial charge in [0.1, 0.15) is 0 Å². The van der Waals surface area contributed by atoms with Gasteiger partial charge in [0.15, 0.2) is 0 Å². The van der Waals surface area contributed by atoms with Gasteiger partial charge in [-0.3, -0.25) is 4.79 Å². The molecule has 0 aromatic heterocycles. The zero-order valence-electron chi connectivity index (χ0n) is 18.9. The lowest BCUT2D eigenvalue weighted by molar-refractivity contribution is -0.155. The van der Waals surface area contributed by atoms with Gasteiger partial charge in [-0.25, -0.2) is 0 Å². The molecular weight excluding hydrogens is 439 g/mol. The van der Waals surface area contributed by atoms with Gasteiger partial charge in [-0.2, -0.15) is 0 Å². The van der Waals surface area contributed by atoms with E-state index in [4.69, 9.17) is 23.2 Å². The summed E-state index contributed by atoms with van der Waals surface area (Å²) >= 11 is 12.7. The first-order chi connectivity index (χ1) is 15.4. The lowest BCUT2D eigenvalue weighted by Crippen LogP contribution is -2.58. The molecule has 1 N–H and O–H groups in total. The Morgan fingerprint density at radius 3 is 2.47 bits per heavy atom. The van der Waals surface area contributed by atoms with E-state index in [0.29, 0.717) is 17.4 Å². The van der Waals surface area contributed by atoms with Crippen LogP contribution in [0.4, 0.5) is 0 Å². The summed E-state index contributed by atoms with van der Waals surface area (Å²) in [5, 5.41) is 4.78. The lowest BCUT2D eigenvalue weighted by atomic mass is 9.67. The lowest BCUT2D eigenvalue weighted by Gasteiger charge is -2.52. The first-order valence-corrected chi connectivity index (χ1v) is 12.2. The highest BCUT2D eigenvalue weighted by Crippen LogP contribution is 2.53. The van der Waals surface area contributed by atoms with Crippen LogP contribution < -0.4 is 5.32 Å². The van der Waals surface area contributed by atoms with Gasteiger partial charge in [0.25, 0.3) is 0 Å². The minimum Gasteiger partial charge on any atom is -0.330 e. The summed E-state index contributed by atoms with van der Waals surface area (Å²) in [7, 11) is 1.97. The fraction of sp³-hybridized carbons (Fsp3) is 0.444. The molecule has 3 nitrogen and oxygen atoms in total. The highest BCUT2D eigenvalue weighted by atomic mass is 35.5. The smallest absolute Gasteiger partial charge is 0.229 e. The Morgan fingerprint density at radius 1 is 1.16 bits per heavy atom. The molecule has 2 aromatic rings. The van der Waals surface area contributed by atoms with Crippen molar-refractivity contribution in [2.75, 3.05) is 13.6 Å². The number of rotatable bonds is 8. The number of benzene rings is 2. The SMILES string of the molecule is C=CC[C@@]1(C)C[C@H](c2cccc(Cl)c2)[C@@H](c2ccc(Cl)cc2)N(C(CNC)C2CC2)C1=O. The molecule has 4 atom stereocenters. The summed E-state index contributed by atoms with van der Waals surface area (Å²) in [5.74, 6) is 0.880. The fourth-order valence-electron chi connectivity index (χ4n) is 5.43. The number of carbonyl (C=O) groups excluding carboxylic acids is 1. The predicted molar refractivity (Wildman–Crippen MR) is 133 cm³/mol. The third-order valence-corrected chi connectivity index (χ3v) is 7.61. The number of likely N-dealkylation sites (N-methyl/N-ethyl adjacent to an activating group) is 1. The minimum atomic E-state index is -0.501. The second-order valence-electron chi connectivity index (χ2n) is 9.59. The van der Waals surface area contributed by atoms with E-state index in [9.17, 15) is 4.79 Å². The Balaban J connectivity index is 1.89. The van der Waals surface area contributed by atoms with Crippen molar-refractivity contribution in [2.45, 2.75) is 50.6 Å². The molecule has 0 spiro atoms. The Bertz CT molecular complexity index is 972. The molecule has 170 valence electrons. The van der Waals surface area contributed by atoms with E-state index in [2.05, 4.69) is 48.0 Å². The Kier molecular flexibility index (Phi) is 7.00. The maximum atomic E-state index is 14.2. The molecule has 1 saturated heterocycles. The van der Waals surface area contributed by atoms with E-state index in [1.54, 1.807) is 0 Å². The summed E-state index contributed by atoms with van der Waals surface area (Å²) in [6, 6.07) is 16.2. The van der Waals surface area contributed by atoms with Gasteiger partial charge < -0.3 is 10.2 Å². The molecule has 0 radical (unpaired) electrons. The number of nitrogens with zero attached hydrogens (tertiary/aromatic N) is 1. The van der Waals surface area contributed by atoms with Crippen molar-refractivity contribution in [3.05, 3.63) is 82.4 Å². The molecule has 4 rings (SSSR count). The number of carbonyl (C=O) groups is 1. The molecular formula is C27H32Cl2N2O. The van der Waals surface area contributed by atoms with Gasteiger partial charge in [-0.05, 0) is 74.0 Å². The maximum absolute atomic E-state index is 14.2. The molecule has 1 unspecified atom stereocenters. The first kappa shape index (κ1) is 23.4. The van der Waals surface area contributed by atoms with Gasteiger partial charge in [0, 0.05) is 28.5 Å². The Labute approximate surface area is 201 Å². The Hall–Kier alpha value is -1.81. The molecule has 1 aliphatic heterocycles. The predicted octanol–water partition coefficient (Wildman–Crippen LogP) is 6.63. The molecule has 1 heterocycles. The third-order valence-electron chi connectivity index (χ3n) is 7.12. The highest BCUT2D eigenvalue weighted by Gasteiger charge is 2.53. The van der Waals surface area contributed by atoms with Crippen LogP contribution in [0.15, 0.2) is 61.2 Å². The molecule has 1 saturated carbocycles. The molecule has 2 fully saturated rings. The van der Waals surface area contributed by atoms with Gasteiger partial charge >= 0.3 is 0 Å². The summed E-state index contributed by atoms with van der Waals surface area (Å²) < 4.78 is 0. The normalized spacial score (nSPS) is 26.8. The first-order valence-electron chi connectivity index (χ1n) is 11.5. The fourth-order valence-corrected chi connectivity index (χ4v) is 5.76. The standard InChI is InChI=1S/C27H32Cl2N2O/c1-4-14-27(2)16-23(20-6-5-7-22(29)15-20)25(19-10-12-21(28)13-11-19)31(26(27)32)24(17-30-3)18-8-9-18/h4-7,10-13,15,18,23-25,30H,1,8-9,14,16-17H2,2-3H3/t23-,24?,25-,27+/m1/s1. The molecule has 2 aromatic carbocycles. The van der Waals surface area contributed by atoms with Crippen molar-refractivity contribution in [3.63, 3.8) is 0 Å². The minimum absolute atomic E-state index is 0.0740. The number of allylic oxidation sites excluding steroid dienone is 1. The van der Waals surface area contributed by atoms with Crippen molar-refractivity contribution in [2.24, 2.45) is 11.3 Å². The monoisotopic (exact) mass is 470 g/mol. The summed E-state index contributed by atoms with van der Waals surface area (Å²) in [5.41, 5.74) is 1.79. The van der Waals surface area contributed by atoms with Crippen LogP contribution in [-0.4, -0.2) is 30.4 Å². The van der Waals surface area contributed by atoms with E-state index >= 15 is 0 Å². The number of hydrogen-bond donors (Lipinski definition) is 1. The van der Waals surface area contributed by atoms with E-state index in [1.807, 2.05) is 37.4 Å². The van der Waals surface area contributed by atoms with E-state index in [1.165, 1.54) is 18.4 Å². The molecule has 32 heavy (non-hydrogen) atoms. The summed E-state index contributed by atoms with van der Waals surface area (Å²) in [6.07, 6.45) is 5.63. The van der Waals surface area contributed by atoms with Crippen LogP contribution in [0.5, 0.6) is 0 Å². The number of piperidine rings is 1. The van der Waals surface area contributed by atoms with E-state index in [0.717, 1.165) is 23.6 Å². The van der Waals surface area contributed by atoms with Gasteiger partial charge in [0.05, 0.1) is 11.5 Å². The number of nitrogens with one attached hydrogen (secondary N) is 1. The van der Waals surface area contributed by atoms with Gasteiger partial charge in [-0.1, -0.05) is 60.5 Å².